The molecule has 0 aliphatic carbocycles. The van der Waals surface area contributed by atoms with Crippen LogP contribution in [0.3, 0.4) is 0 Å². The van der Waals surface area contributed by atoms with Crippen LogP contribution in [0.1, 0.15) is 18.1 Å². The highest BCUT2D eigenvalue weighted by Crippen LogP contribution is 2.39. The number of ether oxygens (including phenoxy) is 4. The second-order valence-corrected chi connectivity index (χ2v) is 11.3. The summed E-state index contributed by atoms with van der Waals surface area (Å²) in [5.41, 5.74) is 2.04. The Morgan fingerprint density at radius 2 is 1.74 bits per heavy atom. The number of nitrogens with zero attached hydrogens (tertiary/aromatic N) is 3. The standard InChI is InChI=1S/C29H26BrCl2N3O6S/c1-5-35-27(18-11-20(38-2)14-21(12-18)39-3)33-34-29(35)42-25(28(36)37)10-16-8-22(30)26(24(9-16)40-4)41-15-17-6-7-19(31)13-23(17)32/h6-14H,5,15H2,1-4H3,(H,36,37)/b25-10-. The van der Waals surface area contributed by atoms with Crippen LogP contribution in [0.15, 0.2) is 63.1 Å². The van der Waals surface area contributed by atoms with Crippen molar-refractivity contribution in [3.8, 4) is 34.4 Å². The Labute approximate surface area is 265 Å². The first-order valence-electron chi connectivity index (χ1n) is 12.4. The second-order valence-electron chi connectivity index (χ2n) is 8.63. The average molecular weight is 695 g/mol. The van der Waals surface area contributed by atoms with Crippen molar-refractivity contribution in [1.82, 2.24) is 14.8 Å². The van der Waals surface area contributed by atoms with Gasteiger partial charge in [-0.2, -0.15) is 0 Å². The molecule has 0 spiro atoms. The molecule has 3 aromatic carbocycles. The van der Waals surface area contributed by atoms with Gasteiger partial charge in [0.1, 0.15) is 23.0 Å². The summed E-state index contributed by atoms with van der Waals surface area (Å²) in [5, 5.41) is 20.1. The van der Waals surface area contributed by atoms with Crippen LogP contribution in [0.4, 0.5) is 0 Å². The van der Waals surface area contributed by atoms with Crippen LogP contribution in [0.25, 0.3) is 17.5 Å². The van der Waals surface area contributed by atoms with Crippen LogP contribution in [-0.2, 0) is 17.9 Å². The number of carboxylic acids is 1. The van der Waals surface area contributed by atoms with Gasteiger partial charge in [-0.15, -0.1) is 10.2 Å². The van der Waals surface area contributed by atoms with Gasteiger partial charge < -0.3 is 28.6 Å². The lowest BCUT2D eigenvalue weighted by Gasteiger charge is -2.14. The minimum absolute atomic E-state index is 0.0300. The number of hydrogen-bond donors (Lipinski definition) is 1. The fourth-order valence-corrected chi connectivity index (χ4v) is 5.86. The number of thioether (sulfide) groups is 1. The lowest BCUT2D eigenvalue weighted by Crippen LogP contribution is -2.03. The van der Waals surface area contributed by atoms with E-state index in [9.17, 15) is 9.90 Å². The molecule has 0 saturated carbocycles. The van der Waals surface area contributed by atoms with Crippen LogP contribution in [0.5, 0.6) is 23.0 Å². The largest absolute Gasteiger partial charge is 0.497 e. The molecule has 220 valence electrons. The van der Waals surface area contributed by atoms with E-state index in [0.29, 0.717) is 60.6 Å². The molecule has 0 bridgehead atoms. The van der Waals surface area contributed by atoms with E-state index in [2.05, 4.69) is 26.1 Å². The van der Waals surface area contributed by atoms with Gasteiger partial charge in [0.25, 0.3) is 0 Å². The molecule has 0 aliphatic heterocycles. The van der Waals surface area contributed by atoms with Gasteiger partial charge in [0.2, 0.25) is 0 Å². The third-order valence-electron chi connectivity index (χ3n) is 5.99. The maximum atomic E-state index is 12.3. The van der Waals surface area contributed by atoms with E-state index in [4.69, 9.17) is 42.1 Å². The van der Waals surface area contributed by atoms with Gasteiger partial charge in [0.05, 0.1) is 25.8 Å². The molecule has 0 atom stereocenters. The van der Waals surface area contributed by atoms with Crippen LogP contribution in [0.2, 0.25) is 10.0 Å². The minimum atomic E-state index is -1.12. The summed E-state index contributed by atoms with van der Waals surface area (Å²) >= 11 is 16.8. The van der Waals surface area contributed by atoms with Crippen molar-refractivity contribution in [2.75, 3.05) is 21.3 Å². The summed E-state index contributed by atoms with van der Waals surface area (Å²) in [4.78, 5) is 12.3. The molecular formula is C29H26BrCl2N3O6S. The number of carbonyl (C=O) groups is 1. The van der Waals surface area contributed by atoms with Gasteiger partial charge in [0.15, 0.2) is 22.5 Å². The topological polar surface area (TPSA) is 105 Å². The zero-order valence-corrected chi connectivity index (χ0v) is 26.9. The highest BCUT2D eigenvalue weighted by Gasteiger charge is 2.20. The summed E-state index contributed by atoms with van der Waals surface area (Å²) in [6, 6.07) is 14.0. The third kappa shape index (κ3) is 7.33. The van der Waals surface area contributed by atoms with Crippen molar-refractivity contribution >= 4 is 62.9 Å². The molecule has 4 rings (SSSR count). The maximum absolute atomic E-state index is 12.3. The molecule has 1 aromatic heterocycles. The fourth-order valence-electron chi connectivity index (χ4n) is 3.94. The monoisotopic (exact) mass is 693 g/mol. The predicted octanol–water partition coefficient (Wildman–Crippen LogP) is 7.86. The smallest absolute Gasteiger partial charge is 0.342 e. The number of hydrogen-bond acceptors (Lipinski definition) is 8. The SMILES string of the molecule is CCn1c(S/C(=C\c2cc(Br)c(OCc3ccc(Cl)cc3Cl)c(OC)c2)C(=O)O)nnc1-c1cc(OC)cc(OC)c1. The zero-order valence-electron chi connectivity index (χ0n) is 23.0. The number of carboxylic acid groups (broad SMARTS) is 1. The summed E-state index contributed by atoms with van der Waals surface area (Å²) in [7, 11) is 4.63. The Balaban J connectivity index is 1.63. The zero-order chi connectivity index (χ0) is 30.4. The number of benzene rings is 3. The van der Waals surface area contributed by atoms with Crippen molar-refractivity contribution in [1.29, 1.82) is 0 Å². The van der Waals surface area contributed by atoms with Crippen molar-refractivity contribution in [3.05, 3.63) is 79.1 Å². The van der Waals surface area contributed by atoms with Gasteiger partial charge in [0, 0.05) is 33.8 Å². The van der Waals surface area contributed by atoms with Crippen molar-refractivity contribution in [3.63, 3.8) is 0 Å². The van der Waals surface area contributed by atoms with E-state index >= 15 is 0 Å². The Kier molecular flexibility index (Phi) is 10.7. The molecule has 0 saturated heterocycles. The minimum Gasteiger partial charge on any atom is -0.497 e. The van der Waals surface area contributed by atoms with E-state index in [1.165, 1.54) is 13.2 Å². The molecular weight excluding hydrogens is 669 g/mol. The lowest BCUT2D eigenvalue weighted by molar-refractivity contribution is -0.131. The van der Waals surface area contributed by atoms with Crippen molar-refractivity contribution in [2.45, 2.75) is 25.2 Å². The van der Waals surface area contributed by atoms with Gasteiger partial charge in [-0.05, 0) is 82.7 Å². The summed E-state index contributed by atoms with van der Waals surface area (Å²) in [5.74, 6) is 1.46. The first-order chi connectivity index (χ1) is 20.2. The number of rotatable bonds is 12. The molecule has 0 radical (unpaired) electrons. The Morgan fingerprint density at radius 1 is 1.02 bits per heavy atom. The number of methoxy groups -OCH3 is 3. The molecule has 42 heavy (non-hydrogen) atoms. The predicted molar refractivity (Wildman–Crippen MR) is 167 cm³/mol. The first-order valence-corrected chi connectivity index (χ1v) is 14.8. The van der Waals surface area contributed by atoms with Crippen LogP contribution in [-0.4, -0.2) is 47.2 Å². The van der Waals surface area contributed by atoms with Gasteiger partial charge >= 0.3 is 5.97 Å². The van der Waals surface area contributed by atoms with Crippen LogP contribution >= 0.6 is 50.9 Å². The van der Waals surface area contributed by atoms with E-state index in [0.717, 1.165) is 22.9 Å². The van der Waals surface area contributed by atoms with Crippen LogP contribution < -0.4 is 18.9 Å². The fraction of sp³-hybridized carbons (Fsp3) is 0.207. The molecule has 0 unspecified atom stereocenters. The van der Waals surface area contributed by atoms with E-state index in [1.54, 1.807) is 50.6 Å². The number of halogens is 3. The lowest BCUT2D eigenvalue weighted by atomic mass is 10.2. The highest BCUT2D eigenvalue weighted by molar-refractivity contribution is 9.10. The highest BCUT2D eigenvalue weighted by atomic mass is 79.9. The number of aliphatic carboxylic acids is 1. The maximum Gasteiger partial charge on any atom is 0.342 e. The van der Waals surface area contributed by atoms with E-state index in [1.807, 2.05) is 23.6 Å². The van der Waals surface area contributed by atoms with E-state index < -0.39 is 5.97 Å². The molecule has 9 nitrogen and oxygen atoms in total. The van der Waals surface area contributed by atoms with Crippen molar-refractivity contribution < 1.29 is 28.8 Å². The van der Waals surface area contributed by atoms with Crippen molar-refractivity contribution in [2.24, 2.45) is 0 Å². The third-order valence-corrected chi connectivity index (χ3v) is 8.16. The van der Waals surface area contributed by atoms with Gasteiger partial charge in [-0.1, -0.05) is 29.3 Å². The number of aromatic nitrogens is 3. The molecule has 0 aliphatic rings. The first kappa shape index (κ1) is 31.6. The van der Waals surface area contributed by atoms with Crippen LogP contribution in [0, 0.1) is 0 Å². The van der Waals surface area contributed by atoms with Gasteiger partial charge in [-0.25, -0.2) is 4.79 Å². The molecule has 13 heteroatoms. The molecule has 4 aromatic rings. The quantitative estimate of drug-likeness (QED) is 0.117. The van der Waals surface area contributed by atoms with E-state index in [-0.39, 0.29) is 11.5 Å². The molecule has 0 fully saturated rings. The normalized spacial score (nSPS) is 11.4. The molecule has 0 amide bonds. The molecule has 1 N–H and O–H groups in total. The Hall–Kier alpha value is -3.38. The average Bonchev–Trinajstić information content (AvgIpc) is 3.38. The molecule has 1 heterocycles. The Bertz CT molecular complexity index is 1620. The summed E-state index contributed by atoms with van der Waals surface area (Å²) in [6.45, 7) is 2.60. The summed E-state index contributed by atoms with van der Waals surface area (Å²) < 4.78 is 24.7. The Morgan fingerprint density at radius 3 is 2.33 bits per heavy atom. The van der Waals surface area contributed by atoms with Gasteiger partial charge in [-0.3, -0.25) is 0 Å². The summed E-state index contributed by atoms with van der Waals surface area (Å²) in [6.07, 6.45) is 1.53. The second kappa shape index (κ2) is 14.2.